The van der Waals surface area contributed by atoms with Crippen LogP contribution in [-0.4, -0.2) is 28.5 Å². The van der Waals surface area contributed by atoms with Crippen LogP contribution in [0.1, 0.15) is 28.5 Å². The lowest BCUT2D eigenvalue weighted by Crippen LogP contribution is -2.21. The number of fused-ring (bicyclic) bond motifs is 2. The molecule has 2 aromatic heterocycles. The van der Waals surface area contributed by atoms with Gasteiger partial charge in [0, 0.05) is 16.5 Å². The Morgan fingerprint density at radius 3 is 2.57 bits per heavy atom. The minimum atomic E-state index is -0.535. The number of para-hydroxylation sites is 2. The third kappa shape index (κ3) is 3.85. The van der Waals surface area contributed by atoms with Gasteiger partial charge in [-0.2, -0.15) is 0 Å². The van der Waals surface area contributed by atoms with E-state index in [1.807, 2.05) is 68.4 Å². The second kappa shape index (κ2) is 8.29. The maximum atomic E-state index is 12.8. The molecule has 0 bridgehead atoms. The van der Waals surface area contributed by atoms with Crippen molar-refractivity contribution in [2.75, 3.05) is 11.9 Å². The molecule has 6 heteroatoms. The lowest BCUT2D eigenvalue weighted by molar-refractivity contribution is -0.119. The second-order valence-electron chi connectivity index (χ2n) is 6.97. The monoisotopic (exact) mass is 399 g/mol. The van der Waals surface area contributed by atoms with Crippen molar-refractivity contribution in [3.05, 3.63) is 77.6 Å². The number of esters is 1. The van der Waals surface area contributed by atoms with Crippen LogP contribution < -0.4 is 5.32 Å². The number of carbonyl (C=O) groups excluding carboxylic acids is 2. The van der Waals surface area contributed by atoms with Crippen molar-refractivity contribution < 1.29 is 14.3 Å². The van der Waals surface area contributed by atoms with Crippen LogP contribution in [0.3, 0.4) is 0 Å². The molecular formula is C24H21N3O3. The van der Waals surface area contributed by atoms with Crippen molar-refractivity contribution in [2.45, 2.75) is 20.3 Å². The van der Waals surface area contributed by atoms with Gasteiger partial charge in [-0.25, -0.2) is 4.79 Å². The normalized spacial score (nSPS) is 10.9. The van der Waals surface area contributed by atoms with E-state index in [2.05, 4.69) is 15.3 Å². The molecule has 0 unspecified atom stereocenters. The quantitative estimate of drug-likeness (QED) is 0.502. The maximum absolute atomic E-state index is 12.8. The molecule has 0 aliphatic carbocycles. The SMILES string of the molecule is CCc1nc2ccccc2c(C(=O)OCC(=O)Nc2cnc3ccccc3c2)c1C. The van der Waals surface area contributed by atoms with E-state index in [9.17, 15) is 9.59 Å². The Bertz CT molecular complexity index is 1270. The first-order valence-electron chi connectivity index (χ1n) is 9.77. The number of benzene rings is 2. The lowest BCUT2D eigenvalue weighted by atomic mass is 10.0. The van der Waals surface area contributed by atoms with Gasteiger partial charge in [-0.05, 0) is 37.1 Å². The smallest absolute Gasteiger partial charge is 0.339 e. The molecular weight excluding hydrogens is 378 g/mol. The van der Waals surface area contributed by atoms with Crippen LogP contribution in [-0.2, 0) is 16.0 Å². The Labute approximate surface area is 173 Å². The predicted molar refractivity (Wildman–Crippen MR) is 117 cm³/mol. The van der Waals surface area contributed by atoms with E-state index in [-0.39, 0.29) is 6.61 Å². The minimum absolute atomic E-state index is 0.386. The van der Waals surface area contributed by atoms with Crippen LogP contribution in [0.5, 0.6) is 0 Å². The zero-order valence-electron chi connectivity index (χ0n) is 16.8. The first-order valence-corrected chi connectivity index (χ1v) is 9.77. The van der Waals surface area contributed by atoms with E-state index in [4.69, 9.17) is 4.74 Å². The van der Waals surface area contributed by atoms with Crippen molar-refractivity contribution in [3.63, 3.8) is 0 Å². The van der Waals surface area contributed by atoms with Gasteiger partial charge in [0.1, 0.15) is 0 Å². The Balaban J connectivity index is 1.50. The summed E-state index contributed by atoms with van der Waals surface area (Å²) in [5.41, 5.74) is 4.20. The molecule has 2 aromatic carbocycles. The first-order chi connectivity index (χ1) is 14.6. The molecule has 0 saturated carbocycles. The van der Waals surface area contributed by atoms with Crippen LogP contribution in [0.4, 0.5) is 5.69 Å². The van der Waals surface area contributed by atoms with E-state index in [0.717, 1.165) is 33.1 Å². The molecule has 0 saturated heterocycles. The molecule has 150 valence electrons. The molecule has 0 aliphatic heterocycles. The molecule has 0 atom stereocenters. The summed E-state index contributed by atoms with van der Waals surface area (Å²) in [6, 6.07) is 16.9. The van der Waals surface area contributed by atoms with Crippen molar-refractivity contribution in [1.82, 2.24) is 9.97 Å². The minimum Gasteiger partial charge on any atom is -0.452 e. The topological polar surface area (TPSA) is 81.2 Å². The van der Waals surface area contributed by atoms with E-state index in [0.29, 0.717) is 17.7 Å². The van der Waals surface area contributed by atoms with Crippen LogP contribution in [0, 0.1) is 6.92 Å². The molecule has 4 aromatic rings. The van der Waals surface area contributed by atoms with Crippen LogP contribution in [0.25, 0.3) is 21.8 Å². The van der Waals surface area contributed by atoms with Crippen LogP contribution >= 0.6 is 0 Å². The summed E-state index contributed by atoms with van der Waals surface area (Å²) in [6.45, 7) is 3.46. The van der Waals surface area contributed by atoms with Crippen molar-refractivity contribution >= 4 is 39.4 Å². The highest BCUT2D eigenvalue weighted by Gasteiger charge is 2.19. The van der Waals surface area contributed by atoms with Gasteiger partial charge in [0.05, 0.1) is 28.5 Å². The van der Waals surface area contributed by atoms with Crippen LogP contribution in [0.15, 0.2) is 60.8 Å². The average molecular weight is 399 g/mol. The van der Waals surface area contributed by atoms with Crippen molar-refractivity contribution in [2.24, 2.45) is 0 Å². The number of anilines is 1. The molecule has 4 rings (SSSR count). The Hall–Kier alpha value is -3.80. The number of rotatable bonds is 5. The fourth-order valence-corrected chi connectivity index (χ4v) is 3.51. The number of nitrogens with one attached hydrogen (secondary N) is 1. The van der Waals surface area contributed by atoms with Gasteiger partial charge in [0.15, 0.2) is 6.61 Å². The molecule has 30 heavy (non-hydrogen) atoms. The van der Waals surface area contributed by atoms with Gasteiger partial charge in [-0.3, -0.25) is 14.8 Å². The number of aromatic nitrogens is 2. The van der Waals surface area contributed by atoms with E-state index in [1.165, 1.54) is 0 Å². The largest absolute Gasteiger partial charge is 0.452 e. The Morgan fingerprint density at radius 1 is 1.03 bits per heavy atom. The van der Waals surface area contributed by atoms with Gasteiger partial charge < -0.3 is 10.1 Å². The third-order valence-corrected chi connectivity index (χ3v) is 4.98. The molecule has 0 radical (unpaired) electrons. The number of hydrogen-bond donors (Lipinski definition) is 1. The summed E-state index contributed by atoms with van der Waals surface area (Å²) < 4.78 is 5.34. The van der Waals surface area contributed by atoms with E-state index >= 15 is 0 Å². The fourth-order valence-electron chi connectivity index (χ4n) is 3.51. The average Bonchev–Trinajstić information content (AvgIpc) is 2.77. The molecule has 0 aliphatic rings. The van der Waals surface area contributed by atoms with Gasteiger partial charge in [0.2, 0.25) is 0 Å². The number of amides is 1. The number of hydrogen-bond acceptors (Lipinski definition) is 5. The highest BCUT2D eigenvalue weighted by Crippen LogP contribution is 2.24. The van der Waals surface area contributed by atoms with Gasteiger partial charge in [-0.1, -0.05) is 43.3 Å². The van der Waals surface area contributed by atoms with Crippen LogP contribution in [0.2, 0.25) is 0 Å². The summed E-state index contributed by atoms with van der Waals surface area (Å²) in [5, 5.41) is 4.36. The van der Waals surface area contributed by atoms with E-state index < -0.39 is 11.9 Å². The number of aryl methyl sites for hydroxylation is 1. The highest BCUT2D eigenvalue weighted by atomic mass is 16.5. The Kier molecular flexibility index (Phi) is 5.39. The van der Waals surface area contributed by atoms with Crippen molar-refractivity contribution in [1.29, 1.82) is 0 Å². The summed E-state index contributed by atoms with van der Waals surface area (Å²) in [7, 11) is 0. The zero-order chi connectivity index (χ0) is 21.1. The van der Waals surface area contributed by atoms with Gasteiger partial charge >= 0.3 is 5.97 Å². The number of ether oxygens (including phenoxy) is 1. The highest BCUT2D eigenvalue weighted by molar-refractivity contribution is 6.06. The molecule has 1 amide bonds. The molecule has 6 nitrogen and oxygen atoms in total. The predicted octanol–water partition coefficient (Wildman–Crippen LogP) is 4.45. The molecule has 0 fully saturated rings. The summed E-state index contributed by atoms with van der Waals surface area (Å²) in [6.07, 6.45) is 2.28. The zero-order valence-corrected chi connectivity index (χ0v) is 16.8. The van der Waals surface area contributed by atoms with E-state index in [1.54, 1.807) is 6.20 Å². The number of pyridine rings is 2. The summed E-state index contributed by atoms with van der Waals surface area (Å²) in [4.78, 5) is 34.1. The first kappa shape index (κ1) is 19.5. The molecule has 1 N–H and O–H groups in total. The van der Waals surface area contributed by atoms with Crippen molar-refractivity contribution in [3.8, 4) is 0 Å². The molecule has 0 spiro atoms. The summed E-state index contributed by atoms with van der Waals surface area (Å²) >= 11 is 0. The fraction of sp³-hybridized carbons (Fsp3) is 0.167. The lowest BCUT2D eigenvalue weighted by Gasteiger charge is -2.13. The second-order valence-corrected chi connectivity index (χ2v) is 6.97. The summed E-state index contributed by atoms with van der Waals surface area (Å²) in [5.74, 6) is -0.959. The Morgan fingerprint density at radius 2 is 1.77 bits per heavy atom. The number of nitrogens with zero attached hydrogens (tertiary/aromatic N) is 2. The van der Waals surface area contributed by atoms with Gasteiger partial charge in [-0.15, -0.1) is 0 Å². The standard InChI is InChI=1S/C24H21N3O3/c1-3-19-15(2)23(18-9-5-7-11-21(18)27-19)24(29)30-14-22(28)26-17-12-16-8-4-6-10-20(16)25-13-17/h4-13H,3,14H2,1-2H3,(H,26,28). The third-order valence-electron chi connectivity index (χ3n) is 4.98. The maximum Gasteiger partial charge on any atom is 0.339 e. The number of carbonyl (C=O) groups is 2. The van der Waals surface area contributed by atoms with Gasteiger partial charge in [0.25, 0.3) is 5.91 Å². The molecule has 2 heterocycles.